The van der Waals surface area contributed by atoms with Gasteiger partial charge in [0.1, 0.15) is 12.4 Å². The topological polar surface area (TPSA) is 44.8 Å². The van der Waals surface area contributed by atoms with E-state index in [1.54, 1.807) is 0 Å². The molecule has 2 aromatic carbocycles. The molecule has 2 aliphatic rings. The lowest BCUT2D eigenvalue weighted by atomic mass is 9.96. The molecule has 0 saturated carbocycles. The molecule has 1 atom stereocenters. The second-order valence-corrected chi connectivity index (χ2v) is 8.18. The number of anilines is 2. The number of carbonyl (C=O) groups is 1. The van der Waals surface area contributed by atoms with Crippen molar-refractivity contribution in [1.82, 2.24) is 4.90 Å². The van der Waals surface area contributed by atoms with Gasteiger partial charge in [-0.1, -0.05) is 11.6 Å². The molecule has 2 aromatic rings. The zero-order chi connectivity index (χ0) is 19.7. The van der Waals surface area contributed by atoms with Crippen LogP contribution in [0.4, 0.5) is 11.4 Å². The molecule has 0 bridgehead atoms. The maximum atomic E-state index is 12.8. The molecular formula is C22H26ClN3O2. The van der Waals surface area contributed by atoms with Crippen molar-refractivity contribution in [3.8, 4) is 5.75 Å². The smallest absolute Gasteiger partial charge is 0.231 e. The van der Waals surface area contributed by atoms with Crippen LogP contribution >= 0.6 is 11.6 Å². The minimum atomic E-state index is -0.220. The monoisotopic (exact) mass is 399 g/mol. The van der Waals surface area contributed by atoms with Gasteiger partial charge >= 0.3 is 0 Å². The highest BCUT2D eigenvalue weighted by Gasteiger charge is 2.26. The van der Waals surface area contributed by atoms with E-state index in [4.69, 9.17) is 16.3 Å². The van der Waals surface area contributed by atoms with Crippen LogP contribution in [0, 0.1) is 12.8 Å². The molecule has 2 aliphatic heterocycles. The first-order valence-corrected chi connectivity index (χ1v) is 10.1. The summed E-state index contributed by atoms with van der Waals surface area (Å²) in [7, 11) is 2.16. The number of fused-ring (bicyclic) bond motifs is 1. The quantitative estimate of drug-likeness (QED) is 0.856. The number of aryl methyl sites for hydroxylation is 1. The van der Waals surface area contributed by atoms with Gasteiger partial charge < -0.3 is 19.9 Å². The number of ether oxygens (including phenoxy) is 1. The van der Waals surface area contributed by atoms with Crippen molar-refractivity contribution in [2.24, 2.45) is 5.92 Å². The minimum absolute atomic E-state index is 0.0129. The Morgan fingerprint density at radius 2 is 1.93 bits per heavy atom. The Morgan fingerprint density at radius 1 is 1.14 bits per heavy atom. The van der Waals surface area contributed by atoms with Crippen LogP contribution in [0.5, 0.6) is 5.75 Å². The van der Waals surface area contributed by atoms with Gasteiger partial charge in [0.05, 0.1) is 5.92 Å². The third-order valence-corrected chi connectivity index (χ3v) is 5.87. The minimum Gasteiger partial charge on any atom is -0.492 e. The zero-order valence-electron chi connectivity index (χ0n) is 16.4. The molecule has 0 radical (unpaired) electrons. The maximum absolute atomic E-state index is 12.8. The number of carbonyl (C=O) groups excluding carboxylic acids is 1. The van der Waals surface area contributed by atoms with Crippen LogP contribution in [0.1, 0.15) is 11.1 Å². The van der Waals surface area contributed by atoms with Gasteiger partial charge in [-0.25, -0.2) is 0 Å². The molecule has 2 heterocycles. The number of likely N-dealkylation sites (N-methyl/N-ethyl adjacent to an activating group) is 1. The highest BCUT2D eigenvalue weighted by molar-refractivity contribution is 6.30. The average Bonchev–Trinajstić information content (AvgIpc) is 2.69. The lowest BCUT2D eigenvalue weighted by Crippen LogP contribution is -2.44. The predicted octanol–water partition coefficient (Wildman–Crippen LogP) is 3.59. The Labute approximate surface area is 171 Å². The van der Waals surface area contributed by atoms with Crippen molar-refractivity contribution in [2.75, 3.05) is 50.1 Å². The molecule has 1 amide bonds. The lowest BCUT2D eigenvalue weighted by Gasteiger charge is -2.34. The number of benzene rings is 2. The maximum Gasteiger partial charge on any atom is 0.231 e. The molecule has 1 fully saturated rings. The van der Waals surface area contributed by atoms with E-state index in [1.807, 2.05) is 31.2 Å². The van der Waals surface area contributed by atoms with E-state index < -0.39 is 0 Å². The number of hydrogen-bond acceptors (Lipinski definition) is 4. The van der Waals surface area contributed by atoms with E-state index in [9.17, 15) is 4.79 Å². The Balaban J connectivity index is 1.42. The summed E-state index contributed by atoms with van der Waals surface area (Å²) in [6.45, 7) is 6.64. The average molecular weight is 400 g/mol. The molecule has 6 heteroatoms. The van der Waals surface area contributed by atoms with Crippen LogP contribution < -0.4 is 15.0 Å². The molecule has 28 heavy (non-hydrogen) atoms. The van der Waals surface area contributed by atoms with Crippen molar-refractivity contribution in [3.05, 3.63) is 52.5 Å². The van der Waals surface area contributed by atoms with Crippen LogP contribution in [-0.2, 0) is 11.2 Å². The fourth-order valence-electron chi connectivity index (χ4n) is 3.82. The van der Waals surface area contributed by atoms with Crippen LogP contribution in [0.15, 0.2) is 36.4 Å². The number of hydrogen-bond donors (Lipinski definition) is 1. The van der Waals surface area contributed by atoms with E-state index in [0.29, 0.717) is 18.1 Å². The van der Waals surface area contributed by atoms with E-state index in [1.165, 1.54) is 5.69 Å². The zero-order valence-corrected chi connectivity index (χ0v) is 17.1. The molecule has 0 aromatic heterocycles. The number of rotatable bonds is 3. The highest BCUT2D eigenvalue weighted by Crippen LogP contribution is 2.31. The fourth-order valence-corrected chi connectivity index (χ4v) is 4.01. The Kier molecular flexibility index (Phi) is 5.47. The molecule has 1 unspecified atom stereocenters. The van der Waals surface area contributed by atoms with Gasteiger partial charge in [0.25, 0.3) is 0 Å². The van der Waals surface area contributed by atoms with Crippen LogP contribution in [0.2, 0.25) is 5.02 Å². The van der Waals surface area contributed by atoms with Gasteiger partial charge in [-0.3, -0.25) is 4.79 Å². The SMILES string of the molecule is Cc1cc(N2CCN(C)CC2)ccc1NC(=O)C1COc2ccc(Cl)cc2C1. The third-order valence-electron chi connectivity index (χ3n) is 5.64. The Bertz CT molecular complexity index is 878. The van der Waals surface area contributed by atoms with Crippen molar-refractivity contribution in [3.63, 3.8) is 0 Å². The van der Waals surface area contributed by atoms with Crippen LogP contribution in [-0.4, -0.2) is 50.6 Å². The van der Waals surface area contributed by atoms with E-state index in [2.05, 4.69) is 34.3 Å². The van der Waals surface area contributed by atoms with Gasteiger partial charge in [-0.05, 0) is 67.9 Å². The standard InChI is InChI=1S/C22H26ClN3O2/c1-15-11-19(26-9-7-25(2)8-10-26)4-5-20(15)24-22(27)17-12-16-13-18(23)3-6-21(16)28-14-17/h3-6,11,13,17H,7-10,12,14H2,1-2H3,(H,24,27). The summed E-state index contributed by atoms with van der Waals surface area (Å²) in [5.41, 5.74) is 4.14. The first-order valence-electron chi connectivity index (χ1n) is 9.76. The summed E-state index contributed by atoms with van der Waals surface area (Å²) in [5.74, 6) is 0.588. The summed E-state index contributed by atoms with van der Waals surface area (Å²) >= 11 is 6.08. The summed E-state index contributed by atoms with van der Waals surface area (Å²) in [6.07, 6.45) is 0.639. The molecule has 148 valence electrons. The van der Waals surface area contributed by atoms with Crippen LogP contribution in [0.25, 0.3) is 0 Å². The normalized spacial score (nSPS) is 19.7. The second-order valence-electron chi connectivity index (χ2n) is 7.74. The van der Waals surface area contributed by atoms with Crippen LogP contribution in [0.3, 0.4) is 0 Å². The fraction of sp³-hybridized carbons (Fsp3) is 0.409. The second kappa shape index (κ2) is 8.02. The summed E-state index contributed by atoms with van der Waals surface area (Å²) in [5, 5.41) is 3.75. The number of piperazine rings is 1. The first-order chi connectivity index (χ1) is 13.5. The van der Waals surface area contributed by atoms with Crippen molar-refractivity contribution in [2.45, 2.75) is 13.3 Å². The third kappa shape index (κ3) is 4.10. The molecule has 4 rings (SSSR count). The largest absolute Gasteiger partial charge is 0.492 e. The first kappa shape index (κ1) is 19.1. The van der Waals surface area contributed by atoms with Gasteiger partial charge in [-0.15, -0.1) is 0 Å². The Hall–Kier alpha value is -2.24. The molecular weight excluding hydrogens is 374 g/mol. The summed E-state index contributed by atoms with van der Waals surface area (Å²) in [4.78, 5) is 17.5. The van der Waals surface area contributed by atoms with E-state index >= 15 is 0 Å². The number of halogens is 1. The van der Waals surface area contributed by atoms with Crippen molar-refractivity contribution >= 4 is 28.9 Å². The molecule has 1 N–H and O–H groups in total. The van der Waals surface area contributed by atoms with E-state index in [-0.39, 0.29) is 11.8 Å². The molecule has 0 spiro atoms. The number of nitrogens with one attached hydrogen (secondary N) is 1. The number of amides is 1. The van der Waals surface area contributed by atoms with Gasteiger partial charge in [0.15, 0.2) is 0 Å². The molecule has 5 nitrogen and oxygen atoms in total. The Morgan fingerprint density at radius 3 is 2.68 bits per heavy atom. The number of nitrogens with zero attached hydrogens (tertiary/aromatic N) is 2. The van der Waals surface area contributed by atoms with Crippen molar-refractivity contribution in [1.29, 1.82) is 0 Å². The molecule has 0 aliphatic carbocycles. The highest BCUT2D eigenvalue weighted by atomic mass is 35.5. The van der Waals surface area contributed by atoms with Crippen molar-refractivity contribution < 1.29 is 9.53 Å². The van der Waals surface area contributed by atoms with Gasteiger partial charge in [-0.2, -0.15) is 0 Å². The summed E-state index contributed by atoms with van der Waals surface area (Å²) < 4.78 is 5.76. The lowest BCUT2D eigenvalue weighted by molar-refractivity contribution is -0.121. The summed E-state index contributed by atoms with van der Waals surface area (Å²) in [6, 6.07) is 11.8. The molecule has 1 saturated heterocycles. The predicted molar refractivity (Wildman–Crippen MR) is 114 cm³/mol. The van der Waals surface area contributed by atoms with E-state index in [0.717, 1.165) is 48.7 Å². The van der Waals surface area contributed by atoms with Gasteiger partial charge in [0, 0.05) is 42.6 Å². The van der Waals surface area contributed by atoms with Gasteiger partial charge in [0.2, 0.25) is 5.91 Å².